The molecular weight excluding hydrogens is 198 g/mol. The van der Waals surface area contributed by atoms with Gasteiger partial charge in [0, 0.05) is 30.2 Å². The zero-order valence-electron chi connectivity index (χ0n) is 9.77. The van der Waals surface area contributed by atoms with Crippen LogP contribution in [0.15, 0.2) is 36.4 Å². The second-order valence-corrected chi connectivity index (χ2v) is 3.86. The quantitative estimate of drug-likeness (QED) is 0.848. The molecule has 0 radical (unpaired) electrons. The number of anilines is 1. The molecule has 0 aromatic heterocycles. The van der Waals surface area contributed by atoms with Gasteiger partial charge in [0.1, 0.15) is 5.75 Å². The third-order valence-corrected chi connectivity index (χ3v) is 2.93. The van der Waals surface area contributed by atoms with E-state index >= 15 is 0 Å². The van der Waals surface area contributed by atoms with E-state index in [0.717, 1.165) is 24.2 Å². The van der Waals surface area contributed by atoms with Crippen molar-refractivity contribution < 1.29 is 5.11 Å². The van der Waals surface area contributed by atoms with Crippen molar-refractivity contribution in [2.45, 2.75) is 13.8 Å². The molecule has 0 amide bonds. The molecule has 2 aromatic rings. The van der Waals surface area contributed by atoms with Crippen LogP contribution in [-0.2, 0) is 0 Å². The molecule has 16 heavy (non-hydrogen) atoms. The van der Waals surface area contributed by atoms with Gasteiger partial charge in [-0.3, -0.25) is 0 Å². The van der Waals surface area contributed by atoms with Crippen LogP contribution in [0, 0.1) is 0 Å². The van der Waals surface area contributed by atoms with Crippen LogP contribution in [0.3, 0.4) is 0 Å². The number of nitrogens with zero attached hydrogens (tertiary/aromatic N) is 1. The average Bonchev–Trinajstić information content (AvgIpc) is 2.30. The zero-order chi connectivity index (χ0) is 11.5. The Labute approximate surface area is 96.1 Å². The molecule has 0 saturated heterocycles. The lowest BCUT2D eigenvalue weighted by molar-refractivity contribution is 0.476. The smallest absolute Gasteiger partial charge is 0.118 e. The first kappa shape index (κ1) is 10.8. The van der Waals surface area contributed by atoms with Crippen molar-refractivity contribution in [2.75, 3.05) is 18.0 Å². The minimum Gasteiger partial charge on any atom is -0.508 e. The molecule has 2 aromatic carbocycles. The molecule has 2 nitrogen and oxygen atoms in total. The molecular formula is C14H17NO. The molecule has 0 aliphatic rings. The van der Waals surface area contributed by atoms with E-state index in [1.807, 2.05) is 30.3 Å². The van der Waals surface area contributed by atoms with E-state index in [4.69, 9.17) is 0 Å². The summed E-state index contributed by atoms with van der Waals surface area (Å²) in [6, 6.07) is 11.8. The maximum absolute atomic E-state index is 9.72. The van der Waals surface area contributed by atoms with Crippen molar-refractivity contribution in [1.29, 1.82) is 0 Å². The van der Waals surface area contributed by atoms with Gasteiger partial charge >= 0.3 is 0 Å². The highest BCUT2D eigenvalue weighted by molar-refractivity contribution is 5.95. The Morgan fingerprint density at radius 2 is 1.75 bits per heavy atom. The van der Waals surface area contributed by atoms with Crippen molar-refractivity contribution in [3.63, 3.8) is 0 Å². The van der Waals surface area contributed by atoms with E-state index in [2.05, 4.69) is 24.8 Å². The van der Waals surface area contributed by atoms with E-state index < -0.39 is 0 Å². The molecule has 0 aliphatic carbocycles. The number of hydrogen-bond donors (Lipinski definition) is 1. The van der Waals surface area contributed by atoms with Gasteiger partial charge in [0.05, 0.1) is 0 Å². The van der Waals surface area contributed by atoms with E-state index in [0.29, 0.717) is 5.75 Å². The Bertz CT molecular complexity index is 489. The highest BCUT2D eigenvalue weighted by Gasteiger charge is 2.08. The van der Waals surface area contributed by atoms with Gasteiger partial charge in [-0.2, -0.15) is 0 Å². The monoisotopic (exact) mass is 215 g/mol. The van der Waals surface area contributed by atoms with E-state index in [9.17, 15) is 5.11 Å². The van der Waals surface area contributed by atoms with Gasteiger partial charge in [0.15, 0.2) is 0 Å². The predicted molar refractivity (Wildman–Crippen MR) is 69.2 cm³/mol. The van der Waals surface area contributed by atoms with E-state index in [1.54, 1.807) is 0 Å². The van der Waals surface area contributed by atoms with Crippen LogP contribution in [0.25, 0.3) is 10.8 Å². The lowest BCUT2D eigenvalue weighted by Crippen LogP contribution is -2.21. The summed E-state index contributed by atoms with van der Waals surface area (Å²) in [6.07, 6.45) is 0. The zero-order valence-corrected chi connectivity index (χ0v) is 9.77. The van der Waals surface area contributed by atoms with Crippen molar-refractivity contribution >= 4 is 16.5 Å². The van der Waals surface area contributed by atoms with Crippen molar-refractivity contribution in [3.8, 4) is 5.75 Å². The molecule has 84 valence electrons. The molecule has 0 heterocycles. The maximum Gasteiger partial charge on any atom is 0.118 e. The van der Waals surface area contributed by atoms with Crippen molar-refractivity contribution in [3.05, 3.63) is 36.4 Å². The molecule has 0 saturated carbocycles. The fraction of sp³-hybridized carbons (Fsp3) is 0.286. The molecule has 0 spiro atoms. The summed E-state index contributed by atoms with van der Waals surface area (Å²) >= 11 is 0. The van der Waals surface area contributed by atoms with Crippen LogP contribution in [0.4, 0.5) is 5.69 Å². The first-order chi connectivity index (χ1) is 7.76. The van der Waals surface area contributed by atoms with Gasteiger partial charge in [0.25, 0.3) is 0 Å². The Hall–Kier alpha value is -1.70. The van der Waals surface area contributed by atoms with Crippen molar-refractivity contribution in [2.24, 2.45) is 0 Å². The second kappa shape index (κ2) is 4.44. The molecule has 0 atom stereocenters. The first-order valence-electron chi connectivity index (χ1n) is 5.73. The fourth-order valence-electron chi connectivity index (χ4n) is 2.10. The van der Waals surface area contributed by atoms with Crippen LogP contribution < -0.4 is 4.90 Å². The Morgan fingerprint density at radius 1 is 1.06 bits per heavy atom. The number of aromatic hydroxyl groups is 1. The summed E-state index contributed by atoms with van der Waals surface area (Å²) in [7, 11) is 0. The Kier molecular flexibility index (Phi) is 3.00. The molecule has 0 aliphatic heterocycles. The Balaban J connectivity index is 2.66. The second-order valence-electron chi connectivity index (χ2n) is 3.86. The summed E-state index contributed by atoms with van der Waals surface area (Å²) in [5.74, 6) is 0.334. The third-order valence-electron chi connectivity index (χ3n) is 2.93. The molecule has 1 N–H and O–H groups in total. The van der Waals surface area contributed by atoms with Gasteiger partial charge in [-0.25, -0.2) is 0 Å². The van der Waals surface area contributed by atoms with Gasteiger partial charge < -0.3 is 10.0 Å². The van der Waals surface area contributed by atoms with Crippen LogP contribution in [0.1, 0.15) is 13.8 Å². The standard InChI is InChI=1S/C14H17NO/c1-3-15(4-2)14-10-12(16)9-11-7-5-6-8-13(11)14/h5-10,16H,3-4H2,1-2H3. The topological polar surface area (TPSA) is 23.5 Å². The average molecular weight is 215 g/mol. The number of hydrogen-bond acceptors (Lipinski definition) is 2. The first-order valence-corrected chi connectivity index (χ1v) is 5.73. The van der Waals surface area contributed by atoms with Crippen LogP contribution in [0.5, 0.6) is 5.75 Å². The normalized spacial score (nSPS) is 10.6. The highest BCUT2D eigenvalue weighted by atomic mass is 16.3. The van der Waals surface area contributed by atoms with Gasteiger partial charge in [-0.1, -0.05) is 24.3 Å². The SMILES string of the molecule is CCN(CC)c1cc(O)cc2ccccc12. The number of benzene rings is 2. The van der Waals surface area contributed by atoms with Gasteiger partial charge in [-0.15, -0.1) is 0 Å². The molecule has 0 unspecified atom stereocenters. The minimum absolute atomic E-state index is 0.334. The fourth-order valence-corrected chi connectivity index (χ4v) is 2.10. The van der Waals surface area contributed by atoms with Crippen molar-refractivity contribution in [1.82, 2.24) is 0 Å². The third kappa shape index (κ3) is 1.83. The van der Waals surface area contributed by atoms with Crippen LogP contribution >= 0.6 is 0 Å². The summed E-state index contributed by atoms with van der Waals surface area (Å²) in [6.45, 7) is 6.15. The summed E-state index contributed by atoms with van der Waals surface area (Å²) < 4.78 is 0. The van der Waals surface area contributed by atoms with E-state index in [1.165, 1.54) is 5.39 Å². The molecule has 0 bridgehead atoms. The minimum atomic E-state index is 0.334. The Morgan fingerprint density at radius 3 is 2.44 bits per heavy atom. The molecule has 2 rings (SSSR count). The maximum atomic E-state index is 9.72. The molecule has 0 fully saturated rings. The number of phenolic OH excluding ortho intramolecular Hbond substituents is 1. The van der Waals surface area contributed by atoms with Crippen LogP contribution in [0.2, 0.25) is 0 Å². The molecule has 2 heteroatoms. The lowest BCUT2D eigenvalue weighted by Gasteiger charge is -2.23. The largest absolute Gasteiger partial charge is 0.508 e. The number of rotatable bonds is 3. The lowest BCUT2D eigenvalue weighted by atomic mass is 10.1. The number of phenols is 1. The summed E-state index contributed by atoms with van der Waals surface area (Å²) in [5.41, 5.74) is 1.11. The van der Waals surface area contributed by atoms with Gasteiger partial charge in [0.2, 0.25) is 0 Å². The summed E-state index contributed by atoms with van der Waals surface area (Å²) in [5, 5.41) is 12.0. The number of fused-ring (bicyclic) bond motifs is 1. The van der Waals surface area contributed by atoms with E-state index in [-0.39, 0.29) is 0 Å². The highest BCUT2D eigenvalue weighted by Crippen LogP contribution is 2.31. The van der Waals surface area contributed by atoms with Gasteiger partial charge in [-0.05, 0) is 25.3 Å². The summed E-state index contributed by atoms with van der Waals surface area (Å²) in [4.78, 5) is 2.25. The van der Waals surface area contributed by atoms with Crippen LogP contribution in [-0.4, -0.2) is 18.2 Å². The predicted octanol–water partition coefficient (Wildman–Crippen LogP) is 3.39.